The Bertz CT molecular complexity index is 1030. The van der Waals surface area contributed by atoms with Crippen LogP contribution in [0.15, 0.2) is 59.4 Å². The maximum absolute atomic E-state index is 12.2. The van der Waals surface area contributed by atoms with E-state index in [1.807, 2.05) is 42.5 Å². The third kappa shape index (κ3) is 3.73. The van der Waals surface area contributed by atoms with Gasteiger partial charge in [0.1, 0.15) is 5.82 Å². The number of carboxylic acid groups (broad SMARTS) is 1. The van der Waals surface area contributed by atoms with Gasteiger partial charge in [0.2, 0.25) is 5.75 Å². The van der Waals surface area contributed by atoms with E-state index in [0.29, 0.717) is 5.56 Å². The van der Waals surface area contributed by atoms with E-state index < -0.39 is 29.1 Å². The lowest BCUT2D eigenvalue weighted by atomic mass is 10.0. The minimum absolute atomic E-state index is 0.0927. The Balaban J connectivity index is 1.86. The molecule has 1 heterocycles. The molecule has 1 atom stereocenters. The van der Waals surface area contributed by atoms with Gasteiger partial charge >= 0.3 is 5.97 Å². The van der Waals surface area contributed by atoms with Crippen LogP contribution in [0.4, 0.5) is 0 Å². The summed E-state index contributed by atoms with van der Waals surface area (Å²) in [5, 5.41) is 29.2. The monoisotopic (exact) mass is 366 g/mol. The molecular formula is C20H18N2O5. The number of aliphatic hydroxyl groups is 1. The Hall–Kier alpha value is -3.45. The number of hydrogen-bond donors (Lipinski definition) is 3. The van der Waals surface area contributed by atoms with Crippen LogP contribution in [-0.4, -0.2) is 30.8 Å². The van der Waals surface area contributed by atoms with E-state index in [9.17, 15) is 19.8 Å². The Morgan fingerprint density at radius 2 is 1.67 bits per heavy atom. The summed E-state index contributed by atoms with van der Waals surface area (Å²) in [6.45, 7) is 1.29. The molecule has 0 aliphatic heterocycles. The van der Waals surface area contributed by atoms with Gasteiger partial charge in [-0.15, -0.1) is 0 Å². The van der Waals surface area contributed by atoms with E-state index in [2.05, 4.69) is 4.98 Å². The van der Waals surface area contributed by atoms with Crippen LogP contribution < -0.4 is 5.56 Å². The van der Waals surface area contributed by atoms with Gasteiger partial charge in [-0.1, -0.05) is 54.6 Å². The topological polar surface area (TPSA) is 113 Å². The SMILES string of the molecule is Cc1nc(C(=O)O)c(O)c(=O)n1CC(O)c1ccc(-c2ccccc2)cc1. The summed E-state index contributed by atoms with van der Waals surface area (Å²) in [7, 11) is 0. The Labute approximate surface area is 154 Å². The number of hydrogen-bond acceptors (Lipinski definition) is 5. The van der Waals surface area contributed by atoms with Crippen molar-refractivity contribution in [2.75, 3.05) is 0 Å². The van der Waals surface area contributed by atoms with E-state index in [0.717, 1.165) is 15.7 Å². The van der Waals surface area contributed by atoms with Gasteiger partial charge in [-0.05, 0) is 23.6 Å². The molecule has 3 N–H and O–H groups in total. The molecule has 0 aliphatic rings. The zero-order valence-corrected chi connectivity index (χ0v) is 14.5. The van der Waals surface area contributed by atoms with Gasteiger partial charge in [-0.2, -0.15) is 0 Å². The fourth-order valence-corrected chi connectivity index (χ4v) is 2.82. The molecule has 138 valence electrons. The maximum Gasteiger partial charge on any atom is 0.358 e. The van der Waals surface area contributed by atoms with Crippen LogP contribution in [0.1, 0.15) is 28.0 Å². The molecule has 7 nitrogen and oxygen atoms in total. The number of rotatable bonds is 5. The second kappa shape index (κ2) is 7.43. The van der Waals surface area contributed by atoms with E-state index >= 15 is 0 Å². The summed E-state index contributed by atoms with van der Waals surface area (Å²) in [6.07, 6.45) is -1.02. The molecule has 3 aromatic rings. The lowest BCUT2D eigenvalue weighted by Crippen LogP contribution is -2.28. The van der Waals surface area contributed by atoms with Crippen LogP contribution in [0.5, 0.6) is 5.75 Å². The highest BCUT2D eigenvalue weighted by atomic mass is 16.4. The van der Waals surface area contributed by atoms with Crippen molar-refractivity contribution in [2.45, 2.75) is 19.6 Å². The highest BCUT2D eigenvalue weighted by Crippen LogP contribution is 2.23. The van der Waals surface area contributed by atoms with Gasteiger partial charge in [0.15, 0.2) is 5.69 Å². The normalized spacial score (nSPS) is 11.9. The standard InChI is InChI=1S/C20H18N2O5/c1-12-21-17(20(26)27)18(24)19(25)22(12)11-16(23)15-9-7-14(8-10-15)13-5-3-2-4-6-13/h2-10,16,23-24H,11H2,1H3,(H,26,27). The summed E-state index contributed by atoms with van der Waals surface area (Å²) in [6, 6.07) is 17.0. The molecule has 0 saturated heterocycles. The number of carboxylic acids is 1. The van der Waals surface area contributed by atoms with Gasteiger partial charge in [0, 0.05) is 0 Å². The summed E-state index contributed by atoms with van der Waals surface area (Å²) >= 11 is 0. The molecule has 0 amide bonds. The molecule has 27 heavy (non-hydrogen) atoms. The van der Waals surface area contributed by atoms with Crippen molar-refractivity contribution < 1.29 is 20.1 Å². The van der Waals surface area contributed by atoms with Crippen LogP contribution in [-0.2, 0) is 6.54 Å². The molecule has 0 saturated carbocycles. The van der Waals surface area contributed by atoms with Crippen LogP contribution in [0, 0.1) is 6.92 Å². The van der Waals surface area contributed by atoms with Crippen molar-refractivity contribution in [3.05, 3.63) is 82.0 Å². The molecule has 2 aromatic carbocycles. The highest BCUT2D eigenvalue weighted by Gasteiger charge is 2.20. The van der Waals surface area contributed by atoms with Crippen molar-refractivity contribution in [3.63, 3.8) is 0 Å². The first kappa shape index (κ1) is 18.3. The first-order valence-corrected chi connectivity index (χ1v) is 8.25. The predicted molar refractivity (Wildman–Crippen MR) is 98.7 cm³/mol. The van der Waals surface area contributed by atoms with Crippen LogP contribution in [0.25, 0.3) is 11.1 Å². The molecule has 0 radical (unpaired) electrons. The maximum atomic E-state index is 12.2. The van der Waals surface area contributed by atoms with Gasteiger partial charge in [-0.3, -0.25) is 9.36 Å². The fraction of sp³-hybridized carbons (Fsp3) is 0.150. The zero-order chi connectivity index (χ0) is 19.6. The number of benzene rings is 2. The average molecular weight is 366 g/mol. The number of carbonyl (C=O) groups is 1. The summed E-state index contributed by atoms with van der Waals surface area (Å²) in [5.74, 6) is -2.34. The molecule has 7 heteroatoms. The Morgan fingerprint density at radius 1 is 1.07 bits per heavy atom. The highest BCUT2D eigenvalue weighted by molar-refractivity contribution is 5.88. The molecule has 1 aromatic heterocycles. The molecule has 0 fully saturated rings. The predicted octanol–water partition coefficient (Wildman–Crippen LogP) is 2.36. The number of aromatic nitrogens is 2. The van der Waals surface area contributed by atoms with Crippen molar-refractivity contribution in [3.8, 4) is 16.9 Å². The lowest BCUT2D eigenvalue weighted by Gasteiger charge is -2.16. The quantitative estimate of drug-likeness (QED) is 0.639. The Kier molecular flexibility index (Phi) is 5.05. The number of aryl methyl sites for hydroxylation is 1. The molecule has 0 aliphatic carbocycles. The third-order valence-corrected chi connectivity index (χ3v) is 4.30. The second-order valence-corrected chi connectivity index (χ2v) is 6.08. The van der Waals surface area contributed by atoms with Crippen LogP contribution >= 0.6 is 0 Å². The first-order valence-electron chi connectivity index (χ1n) is 8.25. The summed E-state index contributed by atoms with van der Waals surface area (Å²) in [4.78, 5) is 27.0. The van der Waals surface area contributed by atoms with Crippen LogP contribution in [0.3, 0.4) is 0 Å². The van der Waals surface area contributed by atoms with Gasteiger partial charge in [0.05, 0.1) is 12.6 Å². The molecule has 0 spiro atoms. The number of aliphatic hydroxyl groups excluding tert-OH is 1. The third-order valence-electron chi connectivity index (χ3n) is 4.30. The second-order valence-electron chi connectivity index (χ2n) is 6.08. The molecule has 3 rings (SSSR count). The fourth-order valence-electron chi connectivity index (χ4n) is 2.82. The lowest BCUT2D eigenvalue weighted by molar-refractivity contribution is 0.0685. The van der Waals surface area contributed by atoms with E-state index in [-0.39, 0.29) is 12.4 Å². The van der Waals surface area contributed by atoms with Gasteiger partial charge < -0.3 is 15.3 Å². The number of nitrogens with zero attached hydrogens (tertiary/aromatic N) is 2. The minimum atomic E-state index is -1.49. The Morgan fingerprint density at radius 3 is 2.26 bits per heavy atom. The summed E-state index contributed by atoms with van der Waals surface area (Å²) < 4.78 is 1.05. The minimum Gasteiger partial charge on any atom is -0.501 e. The number of aromatic carboxylic acids is 1. The molecule has 0 bridgehead atoms. The van der Waals surface area contributed by atoms with Gasteiger partial charge in [0.25, 0.3) is 5.56 Å². The van der Waals surface area contributed by atoms with E-state index in [1.54, 1.807) is 12.1 Å². The van der Waals surface area contributed by atoms with Crippen LogP contribution in [0.2, 0.25) is 0 Å². The van der Waals surface area contributed by atoms with E-state index in [4.69, 9.17) is 5.11 Å². The summed E-state index contributed by atoms with van der Waals surface area (Å²) in [5.41, 5.74) is 1.02. The molecular weight excluding hydrogens is 348 g/mol. The average Bonchev–Trinajstić information content (AvgIpc) is 2.68. The number of aromatic hydroxyl groups is 1. The smallest absolute Gasteiger partial charge is 0.358 e. The largest absolute Gasteiger partial charge is 0.501 e. The van der Waals surface area contributed by atoms with Crippen molar-refractivity contribution in [2.24, 2.45) is 0 Å². The van der Waals surface area contributed by atoms with Crippen molar-refractivity contribution >= 4 is 5.97 Å². The van der Waals surface area contributed by atoms with Crippen molar-refractivity contribution in [1.29, 1.82) is 0 Å². The van der Waals surface area contributed by atoms with E-state index in [1.165, 1.54) is 6.92 Å². The zero-order valence-electron chi connectivity index (χ0n) is 14.5. The van der Waals surface area contributed by atoms with Gasteiger partial charge in [-0.25, -0.2) is 9.78 Å². The van der Waals surface area contributed by atoms with Crippen molar-refractivity contribution in [1.82, 2.24) is 9.55 Å². The molecule has 1 unspecified atom stereocenters. The first-order chi connectivity index (χ1) is 12.9.